The number of carbonyl (C=O) groups is 1. The molecular formula is C15H22F3N3O2. The van der Waals surface area contributed by atoms with Gasteiger partial charge in [-0.1, -0.05) is 13.8 Å². The standard InChI is InChI=1S/C15H22F3N3O2/c1-10(2)12(19)6-8-21(3)14(22)11-5-4-7-20-13(11)23-9-15(16,17)18/h4-5,7,10,12H,6,8-9,19H2,1-3H3. The van der Waals surface area contributed by atoms with Crippen molar-refractivity contribution < 1.29 is 22.7 Å². The van der Waals surface area contributed by atoms with Crippen LogP contribution in [0.2, 0.25) is 0 Å². The predicted octanol–water partition coefficient (Wildman–Crippen LogP) is 2.47. The van der Waals surface area contributed by atoms with Crippen molar-refractivity contribution in [3.05, 3.63) is 23.9 Å². The van der Waals surface area contributed by atoms with Gasteiger partial charge in [-0.2, -0.15) is 13.2 Å². The van der Waals surface area contributed by atoms with Gasteiger partial charge in [0, 0.05) is 25.8 Å². The predicted molar refractivity (Wildman–Crippen MR) is 80.2 cm³/mol. The van der Waals surface area contributed by atoms with Crippen LogP contribution in [0.3, 0.4) is 0 Å². The highest BCUT2D eigenvalue weighted by Gasteiger charge is 2.30. The van der Waals surface area contributed by atoms with E-state index < -0.39 is 18.7 Å². The molecule has 0 bridgehead atoms. The maximum absolute atomic E-state index is 12.4. The van der Waals surface area contributed by atoms with E-state index in [4.69, 9.17) is 5.73 Å². The molecule has 0 aliphatic carbocycles. The van der Waals surface area contributed by atoms with E-state index in [1.54, 1.807) is 7.05 Å². The molecule has 1 amide bonds. The van der Waals surface area contributed by atoms with Crippen LogP contribution in [0.5, 0.6) is 5.88 Å². The molecule has 8 heteroatoms. The SMILES string of the molecule is CC(C)C(N)CCN(C)C(=O)c1cccnc1OCC(F)(F)F. The van der Waals surface area contributed by atoms with E-state index in [2.05, 4.69) is 9.72 Å². The van der Waals surface area contributed by atoms with Crippen LogP contribution in [0.4, 0.5) is 13.2 Å². The highest BCUT2D eigenvalue weighted by molar-refractivity contribution is 5.96. The zero-order valence-corrected chi connectivity index (χ0v) is 13.4. The molecule has 0 aliphatic rings. The van der Waals surface area contributed by atoms with Crippen molar-refractivity contribution >= 4 is 5.91 Å². The number of carbonyl (C=O) groups excluding carboxylic acids is 1. The summed E-state index contributed by atoms with van der Waals surface area (Å²) in [6, 6.07) is 2.81. The van der Waals surface area contributed by atoms with Crippen molar-refractivity contribution in [3.8, 4) is 5.88 Å². The van der Waals surface area contributed by atoms with Gasteiger partial charge < -0.3 is 15.4 Å². The number of halogens is 3. The number of hydrogen-bond acceptors (Lipinski definition) is 4. The molecule has 0 spiro atoms. The van der Waals surface area contributed by atoms with E-state index in [9.17, 15) is 18.0 Å². The second-order valence-corrected chi connectivity index (χ2v) is 5.68. The average Bonchev–Trinajstić information content (AvgIpc) is 2.48. The van der Waals surface area contributed by atoms with Gasteiger partial charge in [0.05, 0.1) is 0 Å². The Balaban J connectivity index is 2.75. The van der Waals surface area contributed by atoms with E-state index in [1.165, 1.54) is 23.2 Å². The largest absolute Gasteiger partial charge is 0.467 e. The van der Waals surface area contributed by atoms with E-state index in [-0.39, 0.29) is 23.4 Å². The average molecular weight is 333 g/mol. The van der Waals surface area contributed by atoms with Crippen LogP contribution < -0.4 is 10.5 Å². The number of alkyl halides is 3. The van der Waals surface area contributed by atoms with Gasteiger partial charge in [0.2, 0.25) is 5.88 Å². The van der Waals surface area contributed by atoms with Crippen molar-refractivity contribution in [2.45, 2.75) is 32.5 Å². The molecule has 0 saturated carbocycles. The third kappa shape index (κ3) is 6.43. The van der Waals surface area contributed by atoms with Crippen LogP contribution in [0, 0.1) is 5.92 Å². The fourth-order valence-electron chi connectivity index (χ4n) is 1.80. The normalized spacial score (nSPS) is 13.0. The molecule has 2 N–H and O–H groups in total. The monoisotopic (exact) mass is 333 g/mol. The number of ether oxygens (including phenoxy) is 1. The maximum Gasteiger partial charge on any atom is 0.422 e. The number of hydrogen-bond donors (Lipinski definition) is 1. The summed E-state index contributed by atoms with van der Waals surface area (Å²) in [5.74, 6) is -0.497. The van der Waals surface area contributed by atoms with E-state index >= 15 is 0 Å². The maximum atomic E-state index is 12.4. The van der Waals surface area contributed by atoms with Gasteiger partial charge in [-0.3, -0.25) is 4.79 Å². The summed E-state index contributed by atoms with van der Waals surface area (Å²) in [6.07, 6.45) is -2.62. The minimum absolute atomic E-state index is 0.00244. The summed E-state index contributed by atoms with van der Waals surface area (Å²) >= 11 is 0. The van der Waals surface area contributed by atoms with Crippen molar-refractivity contribution in [3.63, 3.8) is 0 Å². The van der Waals surface area contributed by atoms with Gasteiger partial charge in [-0.15, -0.1) is 0 Å². The highest BCUT2D eigenvalue weighted by atomic mass is 19.4. The van der Waals surface area contributed by atoms with Crippen molar-refractivity contribution in [1.82, 2.24) is 9.88 Å². The van der Waals surface area contributed by atoms with Gasteiger partial charge in [-0.25, -0.2) is 4.98 Å². The van der Waals surface area contributed by atoms with Gasteiger partial charge in [0.15, 0.2) is 6.61 Å². The van der Waals surface area contributed by atoms with Crippen molar-refractivity contribution in [1.29, 1.82) is 0 Å². The molecule has 0 aromatic carbocycles. The Morgan fingerprint density at radius 3 is 2.65 bits per heavy atom. The van der Waals surface area contributed by atoms with E-state index in [0.29, 0.717) is 13.0 Å². The summed E-state index contributed by atoms with van der Waals surface area (Å²) in [7, 11) is 1.57. The Labute approximate surface area is 133 Å². The van der Waals surface area contributed by atoms with Crippen LogP contribution in [0.15, 0.2) is 18.3 Å². The molecule has 5 nitrogen and oxygen atoms in total. The summed E-state index contributed by atoms with van der Waals surface area (Å²) < 4.78 is 41.4. The lowest BCUT2D eigenvalue weighted by Gasteiger charge is -2.22. The fourth-order valence-corrected chi connectivity index (χ4v) is 1.80. The summed E-state index contributed by atoms with van der Waals surface area (Å²) in [5.41, 5.74) is 5.93. The lowest BCUT2D eigenvalue weighted by molar-refractivity contribution is -0.154. The lowest BCUT2D eigenvalue weighted by Crippen LogP contribution is -2.35. The summed E-state index contributed by atoms with van der Waals surface area (Å²) in [5, 5.41) is 0. The topological polar surface area (TPSA) is 68.5 Å². The zero-order chi connectivity index (χ0) is 17.6. The van der Waals surface area contributed by atoms with Crippen LogP contribution in [-0.4, -0.2) is 48.2 Å². The Hall–Kier alpha value is -1.83. The highest BCUT2D eigenvalue weighted by Crippen LogP contribution is 2.21. The smallest absolute Gasteiger partial charge is 0.422 e. The van der Waals surface area contributed by atoms with Crippen LogP contribution in [0.25, 0.3) is 0 Å². The van der Waals surface area contributed by atoms with Crippen molar-refractivity contribution in [2.24, 2.45) is 11.7 Å². The first-order chi connectivity index (χ1) is 10.6. The molecule has 130 valence electrons. The Bertz CT molecular complexity index is 521. The molecule has 0 radical (unpaired) electrons. The summed E-state index contributed by atoms with van der Waals surface area (Å²) in [4.78, 5) is 17.5. The quantitative estimate of drug-likeness (QED) is 0.832. The van der Waals surface area contributed by atoms with Crippen LogP contribution in [-0.2, 0) is 0 Å². The Morgan fingerprint density at radius 2 is 2.09 bits per heavy atom. The first-order valence-corrected chi connectivity index (χ1v) is 7.27. The molecule has 0 saturated heterocycles. The first-order valence-electron chi connectivity index (χ1n) is 7.27. The van der Waals surface area contributed by atoms with Crippen LogP contribution >= 0.6 is 0 Å². The molecule has 1 unspecified atom stereocenters. The molecule has 1 aromatic heterocycles. The number of pyridine rings is 1. The summed E-state index contributed by atoms with van der Waals surface area (Å²) in [6.45, 7) is 2.87. The van der Waals surface area contributed by atoms with Gasteiger partial charge in [-0.05, 0) is 24.5 Å². The van der Waals surface area contributed by atoms with Crippen LogP contribution in [0.1, 0.15) is 30.6 Å². The number of nitrogens with two attached hydrogens (primary N) is 1. The minimum Gasteiger partial charge on any atom is -0.467 e. The van der Waals surface area contributed by atoms with Gasteiger partial charge in [0.25, 0.3) is 5.91 Å². The molecule has 0 fully saturated rings. The number of aromatic nitrogens is 1. The fraction of sp³-hybridized carbons (Fsp3) is 0.600. The number of nitrogens with zero attached hydrogens (tertiary/aromatic N) is 2. The van der Waals surface area contributed by atoms with Gasteiger partial charge >= 0.3 is 6.18 Å². The molecule has 1 rings (SSSR count). The lowest BCUT2D eigenvalue weighted by atomic mass is 10.0. The van der Waals surface area contributed by atoms with Crippen molar-refractivity contribution in [2.75, 3.05) is 20.2 Å². The molecule has 0 aliphatic heterocycles. The number of amides is 1. The first kappa shape index (κ1) is 19.2. The third-order valence-electron chi connectivity index (χ3n) is 3.37. The van der Waals surface area contributed by atoms with Gasteiger partial charge in [0.1, 0.15) is 5.56 Å². The molecule has 23 heavy (non-hydrogen) atoms. The van der Waals surface area contributed by atoms with E-state index in [0.717, 1.165) is 0 Å². The minimum atomic E-state index is -4.49. The second kappa shape index (κ2) is 8.14. The Kier molecular flexibility index (Phi) is 6.80. The molecule has 1 aromatic rings. The molecular weight excluding hydrogens is 311 g/mol. The third-order valence-corrected chi connectivity index (χ3v) is 3.37. The number of rotatable bonds is 7. The zero-order valence-electron chi connectivity index (χ0n) is 13.4. The molecule has 1 atom stereocenters. The second-order valence-electron chi connectivity index (χ2n) is 5.68. The van der Waals surface area contributed by atoms with E-state index in [1.807, 2.05) is 13.8 Å². The molecule has 1 heterocycles. The Morgan fingerprint density at radius 1 is 1.43 bits per heavy atom.